The molecule has 1 unspecified atom stereocenters. The fourth-order valence-electron chi connectivity index (χ4n) is 1.74. The van der Waals surface area contributed by atoms with E-state index in [-0.39, 0.29) is 5.78 Å². The fraction of sp³-hybridized carbons (Fsp3) is 0.188. The quantitative estimate of drug-likeness (QED) is 0.771. The maximum Gasteiger partial charge on any atom is 0.191 e. The van der Waals surface area contributed by atoms with E-state index in [9.17, 15) is 4.79 Å². The zero-order chi connectivity index (χ0) is 13.7. The first-order valence-electron chi connectivity index (χ1n) is 6.13. The van der Waals surface area contributed by atoms with Gasteiger partial charge < -0.3 is 4.74 Å². The molecular formula is C16H15BrO2. The lowest BCUT2D eigenvalue weighted by atomic mass is 10.1. The highest BCUT2D eigenvalue weighted by Gasteiger charge is 2.15. The number of ketones is 1. The lowest BCUT2D eigenvalue weighted by Gasteiger charge is -2.13. The Morgan fingerprint density at radius 3 is 2.42 bits per heavy atom. The van der Waals surface area contributed by atoms with Crippen molar-refractivity contribution in [1.29, 1.82) is 0 Å². The summed E-state index contributed by atoms with van der Waals surface area (Å²) in [6, 6.07) is 17.1. The van der Waals surface area contributed by atoms with Gasteiger partial charge in [-0.25, -0.2) is 0 Å². The van der Waals surface area contributed by atoms with E-state index in [1.807, 2.05) is 42.5 Å². The van der Waals surface area contributed by atoms with Crippen molar-refractivity contribution < 1.29 is 9.53 Å². The van der Waals surface area contributed by atoms with Gasteiger partial charge in [-0.15, -0.1) is 0 Å². The van der Waals surface area contributed by atoms with Crippen LogP contribution in [0.3, 0.4) is 0 Å². The van der Waals surface area contributed by atoms with Gasteiger partial charge in [0.05, 0.1) is 6.61 Å². The number of benzene rings is 2. The van der Waals surface area contributed by atoms with Gasteiger partial charge in [-0.05, 0) is 18.6 Å². The highest BCUT2D eigenvalue weighted by Crippen LogP contribution is 2.18. The molecule has 19 heavy (non-hydrogen) atoms. The monoisotopic (exact) mass is 318 g/mol. The topological polar surface area (TPSA) is 26.3 Å². The second-order valence-corrected chi connectivity index (χ2v) is 5.13. The molecule has 0 saturated carbocycles. The minimum atomic E-state index is -0.450. The van der Waals surface area contributed by atoms with Crippen molar-refractivity contribution in [3.63, 3.8) is 0 Å². The van der Waals surface area contributed by atoms with Crippen molar-refractivity contribution in [3.8, 4) is 0 Å². The van der Waals surface area contributed by atoms with E-state index in [1.165, 1.54) is 0 Å². The summed E-state index contributed by atoms with van der Waals surface area (Å²) in [5.41, 5.74) is 1.72. The number of carbonyl (C=O) groups is 1. The summed E-state index contributed by atoms with van der Waals surface area (Å²) in [6.45, 7) is 2.20. The predicted molar refractivity (Wildman–Crippen MR) is 79.2 cm³/mol. The lowest BCUT2D eigenvalue weighted by Crippen LogP contribution is -2.20. The number of halogens is 1. The zero-order valence-corrected chi connectivity index (χ0v) is 12.3. The molecule has 0 spiro atoms. The molecule has 2 aromatic carbocycles. The van der Waals surface area contributed by atoms with Gasteiger partial charge in [0.25, 0.3) is 0 Å². The molecule has 3 heteroatoms. The number of rotatable bonds is 5. The second-order valence-electron chi connectivity index (χ2n) is 4.27. The number of ether oxygens (including phenoxy) is 1. The molecule has 2 rings (SSSR count). The Kier molecular flexibility index (Phi) is 4.88. The molecule has 98 valence electrons. The van der Waals surface area contributed by atoms with Crippen molar-refractivity contribution in [3.05, 3.63) is 70.2 Å². The molecule has 2 aromatic rings. The van der Waals surface area contributed by atoms with Crippen LogP contribution in [0, 0.1) is 0 Å². The maximum absolute atomic E-state index is 12.1. The van der Waals surface area contributed by atoms with Crippen molar-refractivity contribution in [1.82, 2.24) is 0 Å². The van der Waals surface area contributed by atoms with Crippen molar-refractivity contribution >= 4 is 21.7 Å². The fourth-order valence-corrected chi connectivity index (χ4v) is 2.14. The third kappa shape index (κ3) is 3.75. The Bertz CT molecular complexity index is 552. The Labute approximate surface area is 121 Å². The minimum absolute atomic E-state index is 0.00709. The lowest BCUT2D eigenvalue weighted by molar-refractivity contribution is 0.0410. The largest absolute Gasteiger partial charge is 0.366 e. The average Bonchev–Trinajstić information content (AvgIpc) is 2.46. The molecule has 2 nitrogen and oxygen atoms in total. The number of hydrogen-bond acceptors (Lipinski definition) is 2. The summed E-state index contributed by atoms with van der Waals surface area (Å²) in [7, 11) is 0. The van der Waals surface area contributed by atoms with Gasteiger partial charge in [0, 0.05) is 10.0 Å². The second kappa shape index (κ2) is 6.64. The highest BCUT2D eigenvalue weighted by atomic mass is 79.9. The summed E-state index contributed by atoms with van der Waals surface area (Å²) in [4.78, 5) is 12.1. The summed E-state index contributed by atoms with van der Waals surface area (Å²) >= 11 is 3.46. The highest BCUT2D eigenvalue weighted by molar-refractivity contribution is 9.10. The van der Waals surface area contributed by atoms with Gasteiger partial charge in [0.15, 0.2) is 5.78 Å². The van der Waals surface area contributed by atoms with Crippen molar-refractivity contribution in [2.24, 2.45) is 0 Å². The first-order valence-corrected chi connectivity index (χ1v) is 6.92. The molecule has 0 radical (unpaired) electrons. The standard InChI is InChI=1S/C16H15BrO2/c1-12(16(18)13-7-3-2-4-8-13)19-11-14-9-5-6-10-15(14)17/h2-10,12H,11H2,1H3. The van der Waals surface area contributed by atoms with E-state index < -0.39 is 6.10 Å². The molecule has 1 atom stereocenters. The van der Waals surface area contributed by atoms with Crippen LogP contribution in [0.5, 0.6) is 0 Å². The number of Topliss-reactive ketones (excluding diaryl/α,β-unsaturated/α-hetero) is 1. The summed E-state index contributed by atoms with van der Waals surface area (Å²) in [6.07, 6.45) is -0.450. The average molecular weight is 319 g/mol. The summed E-state index contributed by atoms with van der Waals surface area (Å²) in [5, 5.41) is 0. The van der Waals surface area contributed by atoms with Gasteiger partial charge in [0.2, 0.25) is 0 Å². The molecule has 0 heterocycles. The van der Waals surface area contributed by atoms with Gasteiger partial charge in [-0.2, -0.15) is 0 Å². The van der Waals surface area contributed by atoms with Crippen LogP contribution in [0.4, 0.5) is 0 Å². The number of hydrogen-bond donors (Lipinski definition) is 0. The van der Waals surface area contributed by atoms with Crippen LogP contribution in [0.1, 0.15) is 22.8 Å². The minimum Gasteiger partial charge on any atom is -0.366 e. The van der Waals surface area contributed by atoms with Gasteiger partial charge in [0.1, 0.15) is 6.10 Å². The Morgan fingerprint density at radius 2 is 1.74 bits per heavy atom. The summed E-state index contributed by atoms with van der Waals surface area (Å²) in [5.74, 6) is 0.00709. The smallest absolute Gasteiger partial charge is 0.191 e. The molecule has 0 bridgehead atoms. The van der Waals surface area contributed by atoms with Gasteiger partial charge in [-0.3, -0.25) is 4.79 Å². The van der Waals surface area contributed by atoms with E-state index in [0.29, 0.717) is 12.2 Å². The van der Waals surface area contributed by atoms with Crippen LogP contribution in [0.2, 0.25) is 0 Å². The molecule has 0 amide bonds. The van der Waals surface area contributed by atoms with E-state index in [4.69, 9.17) is 4.74 Å². The normalized spacial score (nSPS) is 12.1. The number of carbonyl (C=O) groups excluding carboxylic acids is 1. The molecule has 0 aliphatic carbocycles. The molecule has 0 fully saturated rings. The molecule has 0 N–H and O–H groups in total. The van der Waals surface area contributed by atoms with Gasteiger partial charge >= 0.3 is 0 Å². The predicted octanol–water partition coefficient (Wildman–Crippen LogP) is 4.24. The SMILES string of the molecule is CC(OCc1ccccc1Br)C(=O)c1ccccc1. The summed E-state index contributed by atoms with van der Waals surface area (Å²) < 4.78 is 6.64. The van der Waals surface area contributed by atoms with Crippen LogP contribution < -0.4 is 0 Å². The molecule has 0 aromatic heterocycles. The van der Waals surface area contributed by atoms with Crippen LogP contribution in [-0.4, -0.2) is 11.9 Å². The van der Waals surface area contributed by atoms with Crippen LogP contribution in [0.15, 0.2) is 59.1 Å². The first-order chi connectivity index (χ1) is 9.18. The Balaban J connectivity index is 1.97. The van der Waals surface area contributed by atoms with E-state index in [0.717, 1.165) is 10.0 Å². The van der Waals surface area contributed by atoms with Crippen LogP contribution in [0.25, 0.3) is 0 Å². The zero-order valence-electron chi connectivity index (χ0n) is 10.7. The Hall–Kier alpha value is -1.45. The third-order valence-electron chi connectivity index (χ3n) is 2.87. The molecule has 0 aliphatic heterocycles. The van der Waals surface area contributed by atoms with Crippen molar-refractivity contribution in [2.45, 2.75) is 19.6 Å². The molecule has 0 saturated heterocycles. The Morgan fingerprint density at radius 1 is 1.11 bits per heavy atom. The maximum atomic E-state index is 12.1. The van der Waals surface area contributed by atoms with Crippen molar-refractivity contribution in [2.75, 3.05) is 0 Å². The van der Waals surface area contributed by atoms with E-state index in [2.05, 4.69) is 15.9 Å². The van der Waals surface area contributed by atoms with Crippen LogP contribution >= 0.6 is 15.9 Å². The van der Waals surface area contributed by atoms with Crippen LogP contribution in [-0.2, 0) is 11.3 Å². The first kappa shape index (κ1) is 14.0. The molecular weight excluding hydrogens is 304 g/mol. The third-order valence-corrected chi connectivity index (χ3v) is 3.65. The van der Waals surface area contributed by atoms with E-state index in [1.54, 1.807) is 19.1 Å². The van der Waals surface area contributed by atoms with E-state index >= 15 is 0 Å². The van der Waals surface area contributed by atoms with Gasteiger partial charge in [-0.1, -0.05) is 64.5 Å². The molecule has 0 aliphatic rings.